The van der Waals surface area contributed by atoms with E-state index in [1.165, 1.54) is 0 Å². The quantitative estimate of drug-likeness (QED) is 0.161. The zero-order chi connectivity index (χ0) is 29.5. The molecule has 0 saturated carbocycles. The van der Waals surface area contributed by atoms with E-state index in [1.807, 2.05) is 103 Å². The summed E-state index contributed by atoms with van der Waals surface area (Å²) in [5.41, 5.74) is 6.82. The smallest absolute Gasteiger partial charge is 0.119 e. The van der Waals surface area contributed by atoms with Gasteiger partial charge in [-0.05, 0) is 121 Å². The number of ether oxygens (including phenoxy) is 4. The Morgan fingerprint density at radius 2 is 0.667 bits per heavy atom. The maximum Gasteiger partial charge on any atom is 0.119 e. The van der Waals surface area contributed by atoms with Crippen molar-refractivity contribution in [1.82, 2.24) is 0 Å². The van der Waals surface area contributed by atoms with Crippen LogP contribution in [0.2, 0.25) is 0 Å². The second kappa shape index (κ2) is 12.9. The lowest BCUT2D eigenvalue weighted by Crippen LogP contribution is -2.13. The molecule has 0 spiro atoms. The summed E-state index contributed by atoms with van der Waals surface area (Å²) in [7, 11) is 6.68. The summed E-state index contributed by atoms with van der Waals surface area (Å²) in [6, 6.07) is 38.5. The maximum atomic E-state index is 5.44. The summed E-state index contributed by atoms with van der Waals surface area (Å²) >= 11 is 0. The van der Waals surface area contributed by atoms with Crippen LogP contribution < -0.4 is 28.7 Å². The molecule has 212 valence electrons. The largest absolute Gasteiger partial charge is 0.497 e. The normalized spacial score (nSPS) is 10.5. The minimum atomic E-state index is 0.791. The Morgan fingerprint density at radius 1 is 0.405 bits per heavy atom. The lowest BCUT2D eigenvalue weighted by Gasteiger charge is -2.30. The Balaban J connectivity index is 1.70. The molecule has 0 N–H and O–H groups in total. The van der Waals surface area contributed by atoms with Crippen LogP contribution in [0.15, 0.2) is 122 Å². The summed E-state index contributed by atoms with van der Waals surface area (Å²) in [6.07, 6.45) is 1.87. The van der Waals surface area contributed by atoms with Crippen LogP contribution in [0.3, 0.4) is 0 Å². The van der Waals surface area contributed by atoms with Crippen molar-refractivity contribution in [2.75, 3.05) is 38.2 Å². The van der Waals surface area contributed by atoms with Crippen LogP contribution in [0.5, 0.6) is 23.0 Å². The van der Waals surface area contributed by atoms with Gasteiger partial charge in [-0.1, -0.05) is 12.7 Å². The van der Waals surface area contributed by atoms with Gasteiger partial charge in [0.2, 0.25) is 0 Å². The Morgan fingerprint density at radius 3 is 0.881 bits per heavy atom. The Labute approximate surface area is 247 Å². The molecule has 6 heteroatoms. The molecule has 5 aromatic carbocycles. The second-order valence-electron chi connectivity index (χ2n) is 9.45. The number of methoxy groups -OCH3 is 4. The molecule has 0 atom stereocenters. The topological polar surface area (TPSA) is 43.4 Å². The number of nitrogens with zero attached hydrogens (tertiary/aromatic N) is 2. The van der Waals surface area contributed by atoms with Gasteiger partial charge in [0.05, 0.1) is 28.4 Å². The first-order valence-corrected chi connectivity index (χ1v) is 13.5. The fourth-order valence-corrected chi connectivity index (χ4v) is 4.81. The lowest BCUT2D eigenvalue weighted by atomic mass is 10.1. The predicted octanol–water partition coefficient (Wildman–Crippen LogP) is 9.30. The fourth-order valence-electron chi connectivity index (χ4n) is 4.81. The lowest BCUT2D eigenvalue weighted by molar-refractivity contribution is 0.414. The zero-order valence-corrected chi connectivity index (χ0v) is 24.3. The highest BCUT2D eigenvalue weighted by Gasteiger charge is 2.19. The molecule has 0 bridgehead atoms. The molecule has 0 aromatic heterocycles. The predicted molar refractivity (Wildman–Crippen MR) is 172 cm³/mol. The Kier molecular flexibility index (Phi) is 8.64. The number of hydrogen-bond donors (Lipinski definition) is 0. The third kappa shape index (κ3) is 6.03. The van der Waals surface area contributed by atoms with E-state index in [9.17, 15) is 0 Å². The van der Waals surface area contributed by atoms with Crippen LogP contribution in [0.4, 0.5) is 34.1 Å². The Bertz CT molecular complexity index is 1400. The molecule has 0 heterocycles. The average molecular weight is 559 g/mol. The number of anilines is 6. The highest BCUT2D eigenvalue weighted by molar-refractivity contribution is 5.85. The molecule has 42 heavy (non-hydrogen) atoms. The summed E-state index contributed by atoms with van der Waals surface area (Å²) in [6.45, 7) is 4.11. The molecule has 0 aliphatic rings. The van der Waals surface area contributed by atoms with Crippen molar-refractivity contribution >= 4 is 40.2 Å². The van der Waals surface area contributed by atoms with Crippen LogP contribution in [0.25, 0.3) is 6.08 Å². The first-order chi connectivity index (χ1) is 20.6. The molecular formula is C36H34N2O4. The molecule has 5 rings (SSSR count). The van der Waals surface area contributed by atoms with Gasteiger partial charge < -0.3 is 28.7 Å². The minimum absolute atomic E-state index is 0.791. The van der Waals surface area contributed by atoms with Crippen molar-refractivity contribution < 1.29 is 18.9 Å². The van der Waals surface area contributed by atoms with Crippen LogP contribution in [0.1, 0.15) is 5.56 Å². The first-order valence-electron chi connectivity index (χ1n) is 13.5. The zero-order valence-electron chi connectivity index (χ0n) is 24.3. The standard InChI is InChI=1S/C36H34N2O4/c1-6-26-23-31(37(27-7-15-33(39-2)16-8-27)28-9-17-34(40-3)18-10-28)25-32(24-26)38(29-11-19-35(41-4)20-12-29)30-13-21-36(42-5)22-14-30/h6-25H,1H2,2-5H3. The molecule has 0 unspecified atom stereocenters. The summed E-state index contributed by atoms with van der Waals surface area (Å²) in [5, 5.41) is 0. The van der Waals surface area contributed by atoms with Gasteiger partial charge in [0.25, 0.3) is 0 Å². The van der Waals surface area contributed by atoms with Gasteiger partial charge in [0, 0.05) is 34.1 Å². The van der Waals surface area contributed by atoms with Gasteiger partial charge in [-0.3, -0.25) is 0 Å². The summed E-state index contributed by atoms with van der Waals surface area (Å²) < 4.78 is 21.7. The molecule has 0 amide bonds. The highest BCUT2D eigenvalue weighted by atomic mass is 16.5. The van der Waals surface area contributed by atoms with Crippen molar-refractivity contribution in [3.8, 4) is 23.0 Å². The third-order valence-electron chi connectivity index (χ3n) is 7.00. The van der Waals surface area contributed by atoms with Gasteiger partial charge in [-0.2, -0.15) is 0 Å². The fraction of sp³-hybridized carbons (Fsp3) is 0.111. The van der Waals surface area contributed by atoms with E-state index in [-0.39, 0.29) is 0 Å². The highest BCUT2D eigenvalue weighted by Crippen LogP contribution is 2.42. The van der Waals surface area contributed by atoms with Crippen molar-refractivity contribution in [3.63, 3.8) is 0 Å². The van der Waals surface area contributed by atoms with Gasteiger partial charge in [-0.15, -0.1) is 0 Å². The molecule has 0 saturated heterocycles. The molecule has 0 fully saturated rings. The van der Waals surface area contributed by atoms with Crippen molar-refractivity contribution in [2.45, 2.75) is 0 Å². The molecule has 0 aliphatic heterocycles. The molecule has 6 nitrogen and oxygen atoms in total. The van der Waals surface area contributed by atoms with Crippen LogP contribution in [0, 0.1) is 0 Å². The van der Waals surface area contributed by atoms with E-state index in [0.717, 1.165) is 62.7 Å². The maximum absolute atomic E-state index is 5.44. The molecular weight excluding hydrogens is 524 g/mol. The molecule has 0 radical (unpaired) electrons. The van der Waals surface area contributed by atoms with Crippen molar-refractivity contribution in [3.05, 3.63) is 127 Å². The van der Waals surface area contributed by atoms with Gasteiger partial charge >= 0.3 is 0 Å². The van der Waals surface area contributed by atoms with E-state index < -0.39 is 0 Å². The Hall–Kier alpha value is -5.36. The van der Waals surface area contributed by atoms with E-state index in [0.29, 0.717) is 0 Å². The first kappa shape index (κ1) is 28.2. The summed E-state index contributed by atoms with van der Waals surface area (Å²) in [5.74, 6) is 3.16. The SMILES string of the molecule is C=Cc1cc(N(c2ccc(OC)cc2)c2ccc(OC)cc2)cc(N(c2ccc(OC)cc2)c2ccc(OC)cc2)c1. The molecule has 5 aromatic rings. The number of hydrogen-bond acceptors (Lipinski definition) is 6. The second-order valence-corrected chi connectivity index (χ2v) is 9.45. The van der Waals surface area contributed by atoms with Crippen LogP contribution in [-0.2, 0) is 0 Å². The van der Waals surface area contributed by atoms with Crippen molar-refractivity contribution in [2.24, 2.45) is 0 Å². The minimum Gasteiger partial charge on any atom is -0.497 e. The van der Waals surface area contributed by atoms with Gasteiger partial charge in [0.15, 0.2) is 0 Å². The number of benzene rings is 5. The van der Waals surface area contributed by atoms with E-state index in [4.69, 9.17) is 18.9 Å². The van der Waals surface area contributed by atoms with Crippen LogP contribution in [-0.4, -0.2) is 28.4 Å². The number of rotatable bonds is 11. The third-order valence-corrected chi connectivity index (χ3v) is 7.00. The van der Waals surface area contributed by atoms with Gasteiger partial charge in [-0.25, -0.2) is 0 Å². The van der Waals surface area contributed by atoms with Crippen LogP contribution >= 0.6 is 0 Å². The van der Waals surface area contributed by atoms with E-state index in [1.54, 1.807) is 28.4 Å². The molecule has 0 aliphatic carbocycles. The van der Waals surface area contributed by atoms with Crippen molar-refractivity contribution in [1.29, 1.82) is 0 Å². The van der Waals surface area contributed by atoms with Gasteiger partial charge in [0.1, 0.15) is 23.0 Å². The van der Waals surface area contributed by atoms with E-state index in [2.05, 4.69) is 34.6 Å². The monoisotopic (exact) mass is 558 g/mol. The van der Waals surface area contributed by atoms with E-state index >= 15 is 0 Å². The average Bonchev–Trinajstić information content (AvgIpc) is 3.06. The summed E-state index contributed by atoms with van der Waals surface area (Å²) in [4.78, 5) is 4.41.